The quantitative estimate of drug-likeness (QED) is 0.663. The summed E-state index contributed by atoms with van der Waals surface area (Å²) in [5.74, 6) is 0. The van der Waals surface area contributed by atoms with Crippen LogP contribution in [0.1, 0.15) is 11.3 Å². The first-order valence-electron chi connectivity index (χ1n) is 3.94. The van der Waals surface area contributed by atoms with Gasteiger partial charge >= 0.3 is 0 Å². The molecule has 0 unspecified atom stereocenters. The first-order chi connectivity index (χ1) is 5.83. The third kappa shape index (κ3) is 0.905. The zero-order valence-corrected chi connectivity index (χ0v) is 6.96. The smallest absolute Gasteiger partial charge is 0.0673 e. The van der Waals surface area contributed by atoms with Gasteiger partial charge in [-0.25, -0.2) is 0 Å². The van der Waals surface area contributed by atoms with E-state index in [1.807, 2.05) is 25.4 Å². The predicted octanol–water partition coefficient (Wildman–Crippen LogP) is 1.33. The van der Waals surface area contributed by atoms with Crippen molar-refractivity contribution in [2.24, 2.45) is 5.73 Å². The number of hydrogen-bond donors (Lipinski definition) is 2. The summed E-state index contributed by atoms with van der Waals surface area (Å²) in [4.78, 5) is 7.38. The van der Waals surface area contributed by atoms with Crippen molar-refractivity contribution in [2.45, 2.75) is 13.5 Å². The van der Waals surface area contributed by atoms with Gasteiger partial charge in [0.05, 0.1) is 11.2 Å². The largest absolute Gasteiger partial charge is 0.360 e. The minimum atomic E-state index is 0.543. The van der Waals surface area contributed by atoms with Crippen LogP contribution in [-0.4, -0.2) is 9.97 Å². The van der Waals surface area contributed by atoms with E-state index in [2.05, 4.69) is 9.97 Å². The second kappa shape index (κ2) is 2.60. The normalized spacial score (nSPS) is 10.8. The molecule has 3 heteroatoms. The lowest BCUT2D eigenvalue weighted by molar-refractivity contribution is 1.05. The molecular formula is C9H11N3. The fourth-order valence-corrected chi connectivity index (χ4v) is 1.41. The number of nitrogens with zero attached hydrogens (tertiary/aromatic N) is 1. The summed E-state index contributed by atoms with van der Waals surface area (Å²) in [6.07, 6.45) is 3.75. The molecule has 0 fully saturated rings. The molecule has 0 aromatic carbocycles. The second-order valence-corrected chi connectivity index (χ2v) is 2.84. The van der Waals surface area contributed by atoms with E-state index >= 15 is 0 Å². The van der Waals surface area contributed by atoms with E-state index in [0.717, 1.165) is 16.8 Å². The lowest BCUT2D eigenvalue weighted by Crippen LogP contribution is -1.98. The van der Waals surface area contributed by atoms with Crippen molar-refractivity contribution in [3.8, 4) is 0 Å². The zero-order valence-electron chi connectivity index (χ0n) is 6.96. The fraction of sp³-hybridized carbons (Fsp3) is 0.222. The topological polar surface area (TPSA) is 54.7 Å². The van der Waals surface area contributed by atoms with Crippen LogP contribution in [0.3, 0.4) is 0 Å². The molecule has 0 spiro atoms. The van der Waals surface area contributed by atoms with Crippen molar-refractivity contribution in [1.29, 1.82) is 0 Å². The number of aromatic amines is 1. The van der Waals surface area contributed by atoms with Crippen molar-refractivity contribution < 1.29 is 0 Å². The van der Waals surface area contributed by atoms with E-state index in [-0.39, 0.29) is 0 Å². The maximum atomic E-state index is 5.57. The van der Waals surface area contributed by atoms with Crippen LogP contribution in [0.5, 0.6) is 0 Å². The molecular weight excluding hydrogens is 150 g/mol. The number of aromatic nitrogens is 2. The Balaban J connectivity index is 2.82. The number of fused-ring (bicyclic) bond motifs is 1. The summed E-state index contributed by atoms with van der Waals surface area (Å²) in [5, 5.41) is 1.19. The number of hydrogen-bond acceptors (Lipinski definition) is 2. The molecule has 2 rings (SSSR count). The molecule has 0 saturated heterocycles. The fourth-order valence-electron chi connectivity index (χ4n) is 1.41. The summed E-state index contributed by atoms with van der Waals surface area (Å²) < 4.78 is 0. The Hall–Kier alpha value is -1.35. The number of nitrogens with two attached hydrogens (primary N) is 1. The van der Waals surface area contributed by atoms with Crippen molar-refractivity contribution >= 4 is 10.9 Å². The maximum absolute atomic E-state index is 5.57. The number of H-pyrrole nitrogens is 1. The Morgan fingerprint density at radius 3 is 3.17 bits per heavy atom. The minimum absolute atomic E-state index is 0.543. The van der Waals surface area contributed by atoms with Gasteiger partial charge in [-0.1, -0.05) is 0 Å². The molecule has 0 saturated carbocycles. The first-order valence-corrected chi connectivity index (χ1v) is 3.94. The van der Waals surface area contributed by atoms with E-state index in [9.17, 15) is 0 Å². The van der Waals surface area contributed by atoms with Gasteiger partial charge in [-0.05, 0) is 18.6 Å². The second-order valence-electron chi connectivity index (χ2n) is 2.84. The lowest BCUT2D eigenvalue weighted by atomic mass is 10.1. The highest BCUT2D eigenvalue weighted by molar-refractivity contribution is 5.84. The standard InChI is InChI=1S/C9H11N3/c1-6-9-8(2-3-11-9)7(4-10)5-12-6/h2-3,5,11H,4,10H2,1H3. The highest BCUT2D eigenvalue weighted by Gasteiger charge is 2.02. The van der Waals surface area contributed by atoms with Gasteiger partial charge in [0, 0.05) is 24.3 Å². The average Bonchev–Trinajstić information content (AvgIpc) is 2.54. The molecule has 3 nitrogen and oxygen atoms in total. The summed E-state index contributed by atoms with van der Waals surface area (Å²) in [5.41, 5.74) is 8.78. The van der Waals surface area contributed by atoms with E-state index < -0.39 is 0 Å². The molecule has 12 heavy (non-hydrogen) atoms. The van der Waals surface area contributed by atoms with E-state index in [1.165, 1.54) is 5.39 Å². The number of nitrogens with one attached hydrogen (secondary N) is 1. The summed E-state index contributed by atoms with van der Waals surface area (Å²) in [6.45, 7) is 2.53. The molecule has 62 valence electrons. The predicted molar refractivity (Wildman–Crippen MR) is 48.7 cm³/mol. The van der Waals surface area contributed by atoms with Gasteiger partial charge in [0.2, 0.25) is 0 Å². The molecule has 0 aliphatic rings. The zero-order chi connectivity index (χ0) is 8.55. The Morgan fingerprint density at radius 1 is 1.58 bits per heavy atom. The highest BCUT2D eigenvalue weighted by atomic mass is 14.8. The monoisotopic (exact) mass is 161 g/mol. The van der Waals surface area contributed by atoms with Crippen LogP contribution in [0.4, 0.5) is 0 Å². The molecule has 2 aromatic heterocycles. The molecule has 0 aliphatic carbocycles. The SMILES string of the molecule is Cc1ncc(CN)c2cc[nH]c12. The lowest BCUT2D eigenvalue weighted by Gasteiger charge is -2.00. The first kappa shape index (κ1) is 7.31. The number of pyridine rings is 1. The Kier molecular flexibility index (Phi) is 1.59. The van der Waals surface area contributed by atoms with Gasteiger partial charge in [-0.2, -0.15) is 0 Å². The van der Waals surface area contributed by atoms with E-state index in [4.69, 9.17) is 5.73 Å². The Labute approximate surface area is 70.6 Å². The molecule has 2 heterocycles. The molecule has 0 atom stereocenters. The highest BCUT2D eigenvalue weighted by Crippen LogP contribution is 2.18. The van der Waals surface area contributed by atoms with Gasteiger partial charge in [-0.15, -0.1) is 0 Å². The van der Waals surface area contributed by atoms with Crippen LogP contribution in [0.2, 0.25) is 0 Å². The maximum Gasteiger partial charge on any atom is 0.0673 e. The Bertz CT molecular complexity index is 403. The van der Waals surface area contributed by atoms with E-state index in [0.29, 0.717) is 6.54 Å². The average molecular weight is 161 g/mol. The molecule has 0 amide bonds. The summed E-state index contributed by atoms with van der Waals surface area (Å²) in [6, 6.07) is 2.03. The van der Waals surface area contributed by atoms with Crippen LogP contribution >= 0.6 is 0 Å². The van der Waals surface area contributed by atoms with Crippen molar-refractivity contribution in [2.75, 3.05) is 0 Å². The van der Waals surface area contributed by atoms with Gasteiger partial charge in [0.25, 0.3) is 0 Å². The Morgan fingerprint density at radius 2 is 2.42 bits per heavy atom. The minimum Gasteiger partial charge on any atom is -0.360 e. The van der Waals surface area contributed by atoms with Crippen molar-refractivity contribution in [1.82, 2.24) is 9.97 Å². The van der Waals surface area contributed by atoms with Crippen LogP contribution in [0, 0.1) is 6.92 Å². The molecule has 2 aromatic rings. The van der Waals surface area contributed by atoms with Crippen LogP contribution in [0.25, 0.3) is 10.9 Å². The molecule has 3 N–H and O–H groups in total. The summed E-state index contributed by atoms with van der Waals surface area (Å²) in [7, 11) is 0. The van der Waals surface area contributed by atoms with Gasteiger partial charge in [0.1, 0.15) is 0 Å². The van der Waals surface area contributed by atoms with Crippen LogP contribution in [-0.2, 0) is 6.54 Å². The van der Waals surface area contributed by atoms with Crippen molar-refractivity contribution in [3.63, 3.8) is 0 Å². The van der Waals surface area contributed by atoms with Gasteiger partial charge < -0.3 is 10.7 Å². The summed E-state index contributed by atoms with van der Waals surface area (Å²) >= 11 is 0. The molecule has 0 radical (unpaired) electrons. The van der Waals surface area contributed by atoms with E-state index in [1.54, 1.807) is 0 Å². The third-order valence-corrected chi connectivity index (χ3v) is 2.09. The van der Waals surface area contributed by atoms with Gasteiger partial charge in [0.15, 0.2) is 0 Å². The number of aryl methyl sites for hydroxylation is 1. The number of rotatable bonds is 1. The van der Waals surface area contributed by atoms with Crippen molar-refractivity contribution in [3.05, 3.63) is 29.7 Å². The van der Waals surface area contributed by atoms with Crippen LogP contribution in [0.15, 0.2) is 18.5 Å². The van der Waals surface area contributed by atoms with Gasteiger partial charge in [-0.3, -0.25) is 4.98 Å². The van der Waals surface area contributed by atoms with Crippen LogP contribution < -0.4 is 5.73 Å². The third-order valence-electron chi connectivity index (χ3n) is 2.09. The molecule has 0 bridgehead atoms. The molecule has 0 aliphatic heterocycles.